The first-order valence-electron chi connectivity index (χ1n) is 7.69. The molecular weight excluding hydrogens is 254 g/mol. The molecule has 2 aliphatic carbocycles. The Hall–Kier alpha value is -1.58. The van der Waals surface area contributed by atoms with E-state index in [1.165, 1.54) is 6.42 Å². The van der Waals surface area contributed by atoms with Gasteiger partial charge in [0.1, 0.15) is 5.56 Å². The highest BCUT2D eigenvalue weighted by molar-refractivity contribution is 5.87. The molecule has 0 unspecified atom stereocenters. The molecule has 1 fully saturated rings. The lowest BCUT2D eigenvalue weighted by Crippen LogP contribution is -2.35. The average molecular weight is 275 g/mol. The lowest BCUT2D eigenvalue weighted by Gasteiger charge is -2.30. The van der Waals surface area contributed by atoms with Crippen LogP contribution in [0.2, 0.25) is 0 Å². The average Bonchev–Trinajstić information content (AvgIpc) is 2.47. The Morgan fingerprint density at radius 3 is 2.50 bits per heavy atom. The van der Waals surface area contributed by atoms with Crippen molar-refractivity contribution < 1.29 is 9.90 Å². The fourth-order valence-corrected chi connectivity index (χ4v) is 3.71. The fraction of sp³-hybridized carbons (Fsp3) is 0.625. The molecule has 0 aromatic carbocycles. The second kappa shape index (κ2) is 5.43. The van der Waals surface area contributed by atoms with Gasteiger partial charge in [-0.05, 0) is 50.2 Å². The van der Waals surface area contributed by atoms with Crippen molar-refractivity contribution in [2.75, 3.05) is 0 Å². The number of hydrogen-bond acceptors (Lipinski definition) is 2. The van der Waals surface area contributed by atoms with Gasteiger partial charge in [0.05, 0.1) is 0 Å². The van der Waals surface area contributed by atoms with E-state index in [-0.39, 0.29) is 17.2 Å². The quantitative estimate of drug-likeness (QED) is 0.902. The van der Waals surface area contributed by atoms with Crippen molar-refractivity contribution in [1.29, 1.82) is 0 Å². The van der Waals surface area contributed by atoms with E-state index in [1.807, 2.05) is 4.57 Å². The molecule has 1 saturated carbocycles. The zero-order valence-electron chi connectivity index (χ0n) is 11.7. The molecule has 0 saturated heterocycles. The summed E-state index contributed by atoms with van der Waals surface area (Å²) < 4.78 is 1.84. The van der Waals surface area contributed by atoms with E-state index in [4.69, 9.17) is 0 Å². The minimum Gasteiger partial charge on any atom is -0.477 e. The summed E-state index contributed by atoms with van der Waals surface area (Å²) in [5, 5.41) is 9.28. The van der Waals surface area contributed by atoms with Gasteiger partial charge in [-0.3, -0.25) is 4.79 Å². The fourth-order valence-electron chi connectivity index (χ4n) is 3.71. The number of pyridine rings is 1. The van der Waals surface area contributed by atoms with Crippen LogP contribution in [-0.2, 0) is 12.8 Å². The number of hydrogen-bond donors (Lipinski definition) is 1. The van der Waals surface area contributed by atoms with Crippen LogP contribution in [0, 0.1) is 0 Å². The van der Waals surface area contributed by atoms with Crippen molar-refractivity contribution in [1.82, 2.24) is 4.57 Å². The minimum absolute atomic E-state index is 0.0452. The van der Waals surface area contributed by atoms with E-state index < -0.39 is 5.97 Å². The zero-order valence-corrected chi connectivity index (χ0v) is 11.7. The van der Waals surface area contributed by atoms with E-state index in [2.05, 4.69) is 0 Å². The third-order valence-corrected chi connectivity index (χ3v) is 4.71. The second-order valence-electron chi connectivity index (χ2n) is 6.01. The monoisotopic (exact) mass is 275 g/mol. The number of carboxylic acids is 1. The van der Waals surface area contributed by atoms with Crippen molar-refractivity contribution in [3.8, 4) is 0 Å². The molecule has 4 heteroatoms. The van der Waals surface area contributed by atoms with Gasteiger partial charge in [0.25, 0.3) is 5.56 Å². The van der Waals surface area contributed by atoms with Crippen LogP contribution in [-0.4, -0.2) is 15.6 Å². The van der Waals surface area contributed by atoms with Crippen LogP contribution in [0.4, 0.5) is 0 Å². The maximum absolute atomic E-state index is 12.6. The normalized spacial score (nSPS) is 19.6. The van der Waals surface area contributed by atoms with Gasteiger partial charge in [0, 0.05) is 11.7 Å². The number of rotatable bonds is 2. The summed E-state index contributed by atoms with van der Waals surface area (Å²) in [6, 6.07) is 1.83. The van der Waals surface area contributed by atoms with Crippen molar-refractivity contribution in [2.45, 2.75) is 63.8 Å². The third kappa shape index (κ3) is 2.28. The van der Waals surface area contributed by atoms with Crippen molar-refractivity contribution >= 4 is 5.97 Å². The van der Waals surface area contributed by atoms with Crippen LogP contribution in [0.1, 0.15) is 72.6 Å². The predicted octanol–water partition coefficient (Wildman–Crippen LogP) is 2.93. The summed E-state index contributed by atoms with van der Waals surface area (Å²) in [4.78, 5) is 23.9. The molecule has 0 spiro atoms. The highest BCUT2D eigenvalue weighted by atomic mass is 16.4. The standard InChI is InChI=1S/C16H21NO3/c18-15-13(16(19)20)10-11-6-4-5-9-14(11)17(15)12-7-2-1-3-8-12/h10,12H,1-9H2,(H,19,20). The molecule has 1 aromatic rings. The van der Waals surface area contributed by atoms with Crippen LogP contribution in [0.15, 0.2) is 10.9 Å². The van der Waals surface area contributed by atoms with Crippen LogP contribution < -0.4 is 5.56 Å². The number of carbonyl (C=O) groups is 1. The van der Waals surface area contributed by atoms with Crippen molar-refractivity contribution in [2.24, 2.45) is 0 Å². The second-order valence-corrected chi connectivity index (χ2v) is 6.01. The molecule has 20 heavy (non-hydrogen) atoms. The summed E-state index contributed by atoms with van der Waals surface area (Å²) in [6.07, 6.45) is 9.55. The lowest BCUT2D eigenvalue weighted by atomic mass is 9.90. The Bertz CT molecular complexity index is 582. The van der Waals surface area contributed by atoms with Gasteiger partial charge in [0.2, 0.25) is 0 Å². The molecule has 0 aliphatic heterocycles. The van der Waals surface area contributed by atoms with E-state index in [9.17, 15) is 14.7 Å². The van der Waals surface area contributed by atoms with Crippen molar-refractivity contribution in [3.63, 3.8) is 0 Å². The van der Waals surface area contributed by atoms with Gasteiger partial charge in [-0.2, -0.15) is 0 Å². The summed E-state index contributed by atoms with van der Waals surface area (Å²) in [5.41, 5.74) is 1.86. The Morgan fingerprint density at radius 2 is 1.80 bits per heavy atom. The van der Waals surface area contributed by atoms with Gasteiger partial charge < -0.3 is 9.67 Å². The summed E-state index contributed by atoms with van der Waals surface area (Å²) in [5.74, 6) is -1.09. The molecule has 0 atom stereocenters. The molecule has 0 bridgehead atoms. The van der Waals surface area contributed by atoms with Crippen LogP contribution in [0.5, 0.6) is 0 Å². The molecule has 108 valence electrons. The van der Waals surface area contributed by atoms with E-state index in [1.54, 1.807) is 6.07 Å². The first-order chi connectivity index (χ1) is 9.68. The number of nitrogens with zero attached hydrogens (tertiary/aromatic N) is 1. The Labute approximate surface area is 118 Å². The number of carboxylic acid groups (broad SMARTS) is 1. The van der Waals surface area contributed by atoms with Gasteiger partial charge in [-0.25, -0.2) is 4.79 Å². The van der Waals surface area contributed by atoms with E-state index >= 15 is 0 Å². The van der Waals surface area contributed by atoms with Crippen LogP contribution in [0.25, 0.3) is 0 Å². The first kappa shape index (κ1) is 13.4. The maximum Gasteiger partial charge on any atom is 0.341 e. The van der Waals surface area contributed by atoms with E-state index in [0.29, 0.717) is 0 Å². The number of fused-ring (bicyclic) bond motifs is 1. The molecular formula is C16H21NO3. The van der Waals surface area contributed by atoms with Gasteiger partial charge in [-0.1, -0.05) is 19.3 Å². The SMILES string of the molecule is O=C(O)c1cc2c(n(C3CCCCC3)c1=O)CCCC2. The Kier molecular flexibility index (Phi) is 3.64. The first-order valence-corrected chi connectivity index (χ1v) is 7.69. The van der Waals surface area contributed by atoms with Gasteiger partial charge in [0.15, 0.2) is 0 Å². The van der Waals surface area contributed by atoms with Gasteiger partial charge >= 0.3 is 5.97 Å². The molecule has 1 N–H and O–H groups in total. The summed E-state index contributed by atoms with van der Waals surface area (Å²) >= 11 is 0. The molecule has 1 aromatic heterocycles. The third-order valence-electron chi connectivity index (χ3n) is 4.71. The Morgan fingerprint density at radius 1 is 1.10 bits per heavy atom. The topological polar surface area (TPSA) is 59.3 Å². The minimum atomic E-state index is -1.09. The zero-order chi connectivity index (χ0) is 14.1. The molecule has 0 radical (unpaired) electrons. The van der Waals surface area contributed by atoms with Crippen LogP contribution >= 0.6 is 0 Å². The smallest absolute Gasteiger partial charge is 0.341 e. The Balaban J connectivity index is 2.16. The number of aromatic carboxylic acids is 1. The highest BCUT2D eigenvalue weighted by Gasteiger charge is 2.25. The van der Waals surface area contributed by atoms with Crippen LogP contribution in [0.3, 0.4) is 0 Å². The largest absolute Gasteiger partial charge is 0.477 e. The highest BCUT2D eigenvalue weighted by Crippen LogP contribution is 2.31. The molecule has 0 amide bonds. The summed E-state index contributed by atoms with van der Waals surface area (Å²) in [6.45, 7) is 0. The van der Waals surface area contributed by atoms with Gasteiger partial charge in [-0.15, -0.1) is 0 Å². The molecule has 3 rings (SSSR count). The molecule has 2 aliphatic rings. The lowest BCUT2D eigenvalue weighted by molar-refractivity contribution is 0.0693. The predicted molar refractivity (Wildman–Crippen MR) is 76.4 cm³/mol. The number of aromatic nitrogens is 1. The maximum atomic E-state index is 12.6. The van der Waals surface area contributed by atoms with E-state index in [0.717, 1.165) is 62.6 Å². The molecule has 1 heterocycles. The number of aryl methyl sites for hydroxylation is 1. The molecule has 4 nitrogen and oxygen atoms in total. The van der Waals surface area contributed by atoms with Crippen molar-refractivity contribution in [3.05, 3.63) is 33.2 Å². The summed E-state index contributed by atoms with van der Waals surface area (Å²) in [7, 11) is 0.